The van der Waals surface area contributed by atoms with Crippen molar-refractivity contribution in [2.45, 2.75) is 12.7 Å². The highest BCUT2D eigenvalue weighted by molar-refractivity contribution is 6.04. The van der Waals surface area contributed by atoms with Gasteiger partial charge >= 0.3 is 6.18 Å². The number of fused-ring (bicyclic) bond motifs is 1. The van der Waals surface area contributed by atoms with Gasteiger partial charge in [-0.25, -0.2) is 13.8 Å². The van der Waals surface area contributed by atoms with E-state index in [1.54, 1.807) is 4.90 Å². The SMILES string of the molecule is CN(CC(=O)N1CCN(Cc2ccc3c(c2)OCO3)CC1)c1cc(F)c(Oc2ccc(C(=O)Nc3ccc(C(F)(F)F)cc3)cn2)cc1F. The number of pyridine rings is 1. The molecule has 2 aliphatic heterocycles. The van der Waals surface area contributed by atoms with Crippen molar-refractivity contribution < 1.29 is 45.8 Å². The molecule has 2 amide bonds. The van der Waals surface area contributed by atoms with Crippen LogP contribution in [0.15, 0.2) is 72.9 Å². The highest BCUT2D eigenvalue weighted by Crippen LogP contribution is 2.34. The summed E-state index contributed by atoms with van der Waals surface area (Å²) in [5.41, 5.74) is 0.266. The molecule has 1 N–H and O–H groups in total. The normalized spacial score (nSPS) is 14.4. The van der Waals surface area contributed by atoms with Crippen LogP contribution in [0.1, 0.15) is 21.5 Å². The number of halogens is 5. The van der Waals surface area contributed by atoms with E-state index >= 15 is 8.78 Å². The summed E-state index contributed by atoms with van der Waals surface area (Å²) in [5.74, 6) is -1.78. The molecule has 4 aromatic rings. The third kappa shape index (κ3) is 8.00. The van der Waals surface area contributed by atoms with Crippen LogP contribution in [0.3, 0.4) is 0 Å². The second-order valence-electron chi connectivity index (χ2n) is 11.5. The van der Waals surface area contributed by atoms with Gasteiger partial charge in [0.05, 0.1) is 23.4 Å². The average molecular weight is 684 g/mol. The Balaban J connectivity index is 0.997. The zero-order valence-corrected chi connectivity index (χ0v) is 26.1. The number of anilines is 2. The van der Waals surface area contributed by atoms with E-state index in [0.717, 1.165) is 53.9 Å². The van der Waals surface area contributed by atoms with Gasteiger partial charge in [-0.15, -0.1) is 0 Å². The number of piperazine rings is 1. The summed E-state index contributed by atoms with van der Waals surface area (Å²) in [4.78, 5) is 34.7. The Morgan fingerprint density at radius 1 is 0.918 bits per heavy atom. The summed E-state index contributed by atoms with van der Waals surface area (Å²) >= 11 is 0. The second-order valence-corrected chi connectivity index (χ2v) is 11.5. The van der Waals surface area contributed by atoms with Crippen LogP contribution in [0.5, 0.6) is 23.1 Å². The minimum Gasteiger partial charge on any atom is -0.454 e. The minimum atomic E-state index is -4.51. The van der Waals surface area contributed by atoms with E-state index in [1.807, 2.05) is 18.2 Å². The van der Waals surface area contributed by atoms with Gasteiger partial charge < -0.3 is 29.3 Å². The van der Waals surface area contributed by atoms with E-state index in [9.17, 15) is 22.8 Å². The molecule has 15 heteroatoms. The maximum atomic E-state index is 15.1. The Bertz CT molecular complexity index is 1830. The van der Waals surface area contributed by atoms with Crippen molar-refractivity contribution >= 4 is 23.2 Å². The van der Waals surface area contributed by atoms with E-state index in [1.165, 1.54) is 24.1 Å². The first-order chi connectivity index (χ1) is 23.4. The van der Waals surface area contributed by atoms with E-state index in [-0.39, 0.29) is 42.1 Å². The third-order valence-corrected chi connectivity index (χ3v) is 8.04. The monoisotopic (exact) mass is 683 g/mol. The number of nitrogens with zero attached hydrogens (tertiary/aromatic N) is 4. The van der Waals surface area contributed by atoms with Crippen molar-refractivity contribution in [3.63, 3.8) is 0 Å². The molecule has 0 spiro atoms. The predicted molar refractivity (Wildman–Crippen MR) is 168 cm³/mol. The van der Waals surface area contributed by atoms with Crippen molar-refractivity contribution in [2.75, 3.05) is 56.8 Å². The molecular weight excluding hydrogens is 653 g/mol. The molecule has 0 radical (unpaired) electrons. The standard InChI is InChI=1S/C34H30F5N5O5/c1-42(19-32(45)44-12-10-43(11-13-44)18-21-2-8-28-30(14-21)48-20-47-28)27-15-26(36)29(16-25(27)35)49-31-9-3-22(17-40-31)33(46)41-24-6-4-23(5-7-24)34(37,38)39/h2-9,14-17H,10-13,18-20H2,1H3,(H,41,46). The van der Waals surface area contributed by atoms with Crippen LogP contribution in [0.4, 0.5) is 33.3 Å². The van der Waals surface area contributed by atoms with E-state index in [2.05, 4.69) is 15.2 Å². The summed E-state index contributed by atoms with van der Waals surface area (Å²) in [7, 11) is 1.49. The van der Waals surface area contributed by atoms with Gasteiger partial charge in [0.2, 0.25) is 18.6 Å². The van der Waals surface area contributed by atoms with E-state index in [0.29, 0.717) is 38.5 Å². The largest absolute Gasteiger partial charge is 0.454 e. The van der Waals surface area contributed by atoms with E-state index < -0.39 is 35.0 Å². The Kier molecular flexibility index (Phi) is 9.53. The number of nitrogens with one attached hydrogen (secondary N) is 1. The smallest absolute Gasteiger partial charge is 0.416 e. The Morgan fingerprint density at radius 3 is 2.35 bits per heavy atom. The van der Waals surface area contributed by atoms with Crippen LogP contribution >= 0.6 is 0 Å². The van der Waals surface area contributed by atoms with Crippen molar-refractivity contribution in [1.29, 1.82) is 0 Å². The number of hydrogen-bond donors (Lipinski definition) is 1. The number of alkyl halides is 3. The maximum Gasteiger partial charge on any atom is 0.416 e. The van der Waals surface area contributed by atoms with Gasteiger partial charge in [0.15, 0.2) is 23.1 Å². The lowest BCUT2D eigenvalue weighted by Gasteiger charge is -2.35. The molecule has 10 nitrogen and oxygen atoms in total. The predicted octanol–water partition coefficient (Wildman–Crippen LogP) is 5.93. The Morgan fingerprint density at radius 2 is 1.65 bits per heavy atom. The molecule has 0 atom stereocenters. The molecule has 1 aromatic heterocycles. The minimum absolute atomic E-state index is 0.0478. The first-order valence-electron chi connectivity index (χ1n) is 15.1. The fourth-order valence-corrected chi connectivity index (χ4v) is 5.36. The summed E-state index contributed by atoms with van der Waals surface area (Å²) in [6, 6.07) is 14.0. The van der Waals surface area contributed by atoms with Crippen molar-refractivity contribution in [3.05, 3.63) is 101 Å². The van der Waals surface area contributed by atoms with Gasteiger partial charge in [0.1, 0.15) is 5.82 Å². The molecule has 1 fully saturated rings. The Labute approximate surface area is 277 Å². The van der Waals surface area contributed by atoms with Gasteiger partial charge in [0.25, 0.3) is 5.91 Å². The first-order valence-corrected chi connectivity index (χ1v) is 15.1. The summed E-state index contributed by atoms with van der Waals surface area (Å²) in [5, 5.41) is 2.45. The molecular formula is C34H30F5N5O5. The van der Waals surface area contributed by atoms with Gasteiger partial charge in [0, 0.05) is 69.9 Å². The van der Waals surface area contributed by atoms with Gasteiger partial charge in [-0.1, -0.05) is 6.07 Å². The van der Waals surface area contributed by atoms with Gasteiger partial charge in [-0.2, -0.15) is 13.2 Å². The van der Waals surface area contributed by atoms with Crippen LogP contribution in [0.2, 0.25) is 0 Å². The Hall–Kier alpha value is -5.44. The van der Waals surface area contributed by atoms with Crippen LogP contribution < -0.4 is 24.4 Å². The lowest BCUT2D eigenvalue weighted by molar-refractivity contribution is -0.137. The topological polar surface area (TPSA) is 96.5 Å². The van der Waals surface area contributed by atoms with Gasteiger partial charge in [-0.05, 0) is 48.0 Å². The number of carbonyl (C=O) groups excluding carboxylic acids is 2. The van der Waals surface area contributed by atoms with Crippen LogP contribution in [0, 0.1) is 11.6 Å². The molecule has 49 heavy (non-hydrogen) atoms. The number of likely N-dealkylation sites (N-methyl/N-ethyl adjacent to an activating group) is 1. The maximum absolute atomic E-state index is 15.1. The number of hydrogen-bond acceptors (Lipinski definition) is 8. The molecule has 0 aliphatic carbocycles. The van der Waals surface area contributed by atoms with Crippen LogP contribution in [-0.4, -0.2) is 73.2 Å². The third-order valence-electron chi connectivity index (χ3n) is 8.04. The second kappa shape index (κ2) is 14.0. The van der Waals surface area contributed by atoms with Gasteiger partial charge in [-0.3, -0.25) is 14.5 Å². The molecule has 0 unspecified atom stereocenters. The van der Waals surface area contributed by atoms with Crippen molar-refractivity contribution in [2.24, 2.45) is 0 Å². The number of carbonyl (C=O) groups is 2. The molecule has 6 rings (SSSR count). The average Bonchev–Trinajstić information content (AvgIpc) is 3.55. The fourth-order valence-electron chi connectivity index (χ4n) is 5.36. The van der Waals surface area contributed by atoms with Crippen LogP contribution in [-0.2, 0) is 17.5 Å². The number of benzene rings is 3. The van der Waals surface area contributed by atoms with Crippen molar-refractivity contribution in [1.82, 2.24) is 14.8 Å². The van der Waals surface area contributed by atoms with Crippen LogP contribution in [0.25, 0.3) is 0 Å². The van der Waals surface area contributed by atoms with Crippen molar-refractivity contribution in [3.8, 4) is 23.1 Å². The molecule has 1 saturated heterocycles. The molecule has 0 saturated carbocycles. The molecule has 256 valence electrons. The lowest BCUT2D eigenvalue weighted by atomic mass is 10.1. The van der Waals surface area contributed by atoms with E-state index in [4.69, 9.17) is 14.2 Å². The highest BCUT2D eigenvalue weighted by atomic mass is 19.4. The molecule has 3 aromatic carbocycles. The summed E-state index contributed by atoms with van der Waals surface area (Å²) in [6.07, 6.45) is -3.39. The highest BCUT2D eigenvalue weighted by Gasteiger charge is 2.30. The number of amides is 2. The zero-order valence-electron chi connectivity index (χ0n) is 26.1. The zero-order chi connectivity index (χ0) is 34.7. The number of ether oxygens (including phenoxy) is 3. The number of aromatic nitrogens is 1. The molecule has 0 bridgehead atoms. The lowest BCUT2D eigenvalue weighted by Crippen LogP contribution is -2.50. The fraction of sp³-hybridized carbons (Fsp3) is 0.265. The molecule has 2 aliphatic rings. The quantitative estimate of drug-likeness (QED) is 0.217. The summed E-state index contributed by atoms with van der Waals surface area (Å²) in [6.45, 7) is 3.01. The first kappa shape index (κ1) is 33.5. The molecule has 3 heterocycles. The number of rotatable bonds is 9. The summed E-state index contributed by atoms with van der Waals surface area (Å²) < 4.78 is 84.6.